The van der Waals surface area contributed by atoms with Gasteiger partial charge >= 0.3 is 0 Å². The minimum Gasteiger partial charge on any atom is -0.426 e. The van der Waals surface area contributed by atoms with Crippen molar-refractivity contribution in [3.8, 4) is 11.4 Å². The van der Waals surface area contributed by atoms with Crippen LogP contribution >= 0.6 is 0 Å². The SMILES string of the molecule is Cc1ccc2nc(-c3ccc(NC(=O)Cc4cccnc4)cc3)n(O)c2c1. The Kier molecular flexibility index (Phi) is 4.30. The molecule has 0 aliphatic carbocycles. The van der Waals surface area contributed by atoms with E-state index in [0.29, 0.717) is 17.0 Å². The number of hydrogen-bond donors (Lipinski definition) is 2. The zero-order chi connectivity index (χ0) is 18.8. The summed E-state index contributed by atoms with van der Waals surface area (Å²) < 4.78 is 1.10. The van der Waals surface area contributed by atoms with E-state index in [1.807, 2.05) is 43.3 Å². The van der Waals surface area contributed by atoms with Gasteiger partial charge in [0.1, 0.15) is 5.52 Å². The largest absolute Gasteiger partial charge is 0.426 e. The van der Waals surface area contributed by atoms with Crippen molar-refractivity contribution in [2.24, 2.45) is 0 Å². The molecule has 0 spiro atoms. The van der Waals surface area contributed by atoms with Crippen molar-refractivity contribution >= 4 is 22.6 Å². The van der Waals surface area contributed by atoms with Crippen molar-refractivity contribution < 1.29 is 10.0 Å². The fourth-order valence-corrected chi connectivity index (χ4v) is 2.96. The van der Waals surface area contributed by atoms with Gasteiger partial charge in [-0.1, -0.05) is 12.1 Å². The summed E-state index contributed by atoms with van der Waals surface area (Å²) in [6.07, 6.45) is 3.62. The number of carbonyl (C=O) groups is 1. The van der Waals surface area contributed by atoms with E-state index in [-0.39, 0.29) is 12.3 Å². The second-order valence-corrected chi connectivity index (χ2v) is 6.40. The molecule has 0 saturated heterocycles. The van der Waals surface area contributed by atoms with Gasteiger partial charge in [0.2, 0.25) is 5.91 Å². The number of carbonyl (C=O) groups excluding carboxylic acids is 1. The summed E-state index contributed by atoms with van der Waals surface area (Å²) in [7, 11) is 0. The van der Waals surface area contributed by atoms with Crippen molar-refractivity contribution in [2.45, 2.75) is 13.3 Å². The van der Waals surface area contributed by atoms with Crippen molar-refractivity contribution in [3.05, 3.63) is 78.1 Å². The first-order chi connectivity index (χ1) is 13.1. The molecular formula is C21H18N4O2. The maximum Gasteiger partial charge on any atom is 0.228 e. The Morgan fingerprint density at radius 1 is 1.15 bits per heavy atom. The minimum atomic E-state index is -0.111. The maximum atomic E-state index is 12.1. The normalized spacial score (nSPS) is 10.9. The van der Waals surface area contributed by atoms with Crippen LogP contribution in [0.1, 0.15) is 11.1 Å². The number of amides is 1. The summed E-state index contributed by atoms with van der Waals surface area (Å²) in [6, 6.07) is 16.6. The average Bonchev–Trinajstić information content (AvgIpc) is 2.99. The van der Waals surface area contributed by atoms with E-state index in [1.54, 1.807) is 30.6 Å². The van der Waals surface area contributed by atoms with Crippen LogP contribution in [0.25, 0.3) is 22.4 Å². The summed E-state index contributed by atoms with van der Waals surface area (Å²) >= 11 is 0. The standard InChI is InChI=1S/C21H18N4O2/c1-14-4-9-18-19(11-14)25(27)21(24-18)16-5-7-17(8-6-16)23-20(26)12-15-3-2-10-22-13-15/h2-11,13,27H,12H2,1H3,(H,23,26). The molecule has 134 valence electrons. The molecule has 6 nitrogen and oxygen atoms in total. The molecule has 0 radical (unpaired) electrons. The van der Waals surface area contributed by atoms with E-state index < -0.39 is 0 Å². The van der Waals surface area contributed by atoms with Crippen LogP contribution in [0.3, 0.4) is 0 Å². The summed E-state index contributed by atoms with van der Waals surface area (Å²) in [5.41, 5.74) is 4.75. The molecule has 27 heavy (non-hydrogen) atoms. The van der Waals surface area contributed by atoms with Crippen molar-refractivity contribution in [3.63, 3.8) is 0 Å². The highest BCUT2D eigenvalue weighted by Crippen LogP contribution is 2.25. The Hall–Kier alpha value is -3.67. The molecule has 0 aliphatic rings. The van der Waals surface area contributed by atoms with Gasteiger partial charge in [0.25, 0.3) is 0 Å². The van der Waals surface area contributed by atoms with Crippen molar-refractivity contribution in [1.82, 2.24) is 14.7 Å². The number of imidazole rings is 1. The molecule has 2 heterocycles. The molecule has 0 unspecified atom stereocenters. The Bertz CT molecular complexity index is 1100. The van der Waals surface area contributed by atoms with Crippen LogP contribution in [0.4, 0.5) is 5.69 Å². The number of hydrogen-bond acceptors (Lipinski definition) is 4. The van der Waals surface area contributed by atoms with Gasteiger partial charge in [0.05, 0.1) is 11.9 Å². The van der Waals surface area contributed by atoms with Crippen LogP contribution in [0.15, 0.2) is 67.0 Å². The first kappa shape index (κ1) is 16.8. The highest BCUT2D eigenvalue weighted by atomic mass is 16.5. The third-order valence-electron chi connectivity index (χ3n) is 4.30. The molecule has 0 saturated carbocycles. The van der Waals surface area contributed by atoms with Gasteiger partial charge in [-0.05, 0) is 60.5 Å². The van der Waals surface area contributed by atoms with Crippen LogP contribution in [0, 0.1) is 6.92 Å². The molecule has 6 heteroatoms. The van der Waals surface area contributed by atoms with Gasteiger partial charge in [-0.3, -0.25) is 9.78 Å². The quantitative estimate of drug-likeness (QED) is 0.544. The first-order valence-corrected chi connectivity index (χ1v) is 8.58. The van der Waals surface area contributed by atoms with Crippen LogP contribution < -0.4 is 5.32 Å². The van der Waals surface area contributed by atoms with Crippen LogP contribution in [0.5, 0.6) is 0 Å². The number of anilines is 1. The zero-order valence-corrected chi connectivity index (χ0v) is 14.8. The number of fused-ring (bicyclic) bond motifs is 1. The lowest BCUT2D eigenvalue weighted by molar-refractivity contribution is -0.115. The van der Waals surface area contributed by atoms with Crippen LogP contribution in [-0.2, 0) is 11.2 Å². The topological polar surface area (TPSA) is 80.0 Å². The van der Waals surface area contributed by atoms with E-state index in [1.165, 1.54) is 0 Å². The van der Waals surface area contributed by atoms with Gasteiger partial charge in [-0.25, -0.2) is 4.98 Å². The van der Waals surface area contributed by atoms with Crippen LogP contribution in [-0.4, -0.2) is 25.8 Å². The molecule has 0 aliphatic heterocycles. The monoisotopic (exact) mass is 358 g/mol. The van der Waals surface area contributed by atoms with E-state index >= 15 is 0 Å². The number of aromatic nitrogens is 3. The fourth-order valence-electron chi connectivity index (χ4n) is 2.96. The molecule has 2 aromatic carbocycles. The predicted octanol–water partition coefficient (Wildman–Crippen LogP) is 3.83. The highest BCUT2D eigenvalue weighted by molar-refractivity contribution is 5.92. The second kappa shape index (κ2) is 6.92. The number of aryl methyl sites for hydroxylation is 1. The second-order valence-electron chi connectivity index (χ2n) is 6.40. The number of nitrogens with zero attached hydrogens (tertiary/aromatic N) is 3. The summed E-state index contributed by atoms with van der Waals surface area (Å²) in [5.74, 6) is 0.351. The molecule has 4 aromatic rings. The predicted molar refractivity (Wildman–Crippen MR) is 104 cm³/mol. The number of pyridine rings is 1. The van der Waals surface area contributed by atoms with Gasteiger partial charge in [0, 0.05) is 23.6 Å². The maximum absolute atomic E-state index is 12.1. The number of rotatable bonds is 4. The van der Waals surface area contributed by atoms with E-state index in [2.05, 4.69) is 15.3 Å². The van der Waals surface area contributed by atoms with Gasteiger partial charge in [-0.15, -0.1) is 0 Å². The van der Waals surface area contributed by atoms with E-state index in [0.717, 1.165) is 26.9 Å². The third-order valence-corrected chi connectivity index (χ3v) is 4.30. The highest BCUT2D eigenvalue weighted by Gasteiger charge is 2.12. The molecule has 1 amide bonds. The lowest BCUT2D eigenvalue weighted by atomic mass is 10.1. The Morgan fingerprint density at radius 3 is 2.70 bits per heavy atom. The van der Waals surface area contributed by atoms with E-state index in [4.69, 9.17) is 0 Å². The van der Waals surface area contributed by atoms with Crippen molar-refractivity contribution in [1.29, 1.82) is 0 Å². The van der Waals surface area contributed by atoms with Crippen LogP contribution in [0.2, 0.25) is 0 Å². The van der Waals surface area contributed by atoms with Gasteiger partial charge in [0.15, 0.2) is 5.82 Å². The summed E-state index contributed by atoms with van der Waals surface area (Å²) in [5, 5.41) is 13.3. The molecular weight excluding hydrogens is 340 g/mol. The molecule has 4 rings (SSSR count). The molecule has 2 aromatic heterocycles. The zero-order valence-electron chi connectivity index (χ0n) is 14.8. The van der Waals surface area contributed by atoms with Gasteiger partial charge < -0.3 is 10.5 Å². The molecule has 0 atom stereocenters. The first-order valence-electron chi connectivity index (χ1n) is 8.58. The fraction of sp³-hybridized carbons (Fsp3) is 0.0952. The van der Waals surface area contributed by atoms with Crippen molar-refractivity contribution in [2.75, 3.05) is 5.32 Å². The van der Waals surface area contributed by atoms with E-state index in [9.17, 15) is 10.0 Å². The summed E-state index contributed by atoms with van der Waals surface area (Å²) in [6.45, 7) is 1.97. The lowest BCUT2D eigenvalue weighted by Crippen LogP contribution is -2.14. The Labute approximate surface area is 156 Å². The number of benzene rings is 2. The average molecular weight is 358 g/mol. The molecule has 2 N–H and O–H groups in total. The lowest BCUT2D eigenvalue weighted by Gasteiger charge is -2.06. The smallest absolute Gasteiger partial charge is 0.228 e. The summed E-state index contributed by atoms with van der Waals surface area (Å²) in [4.78, 5) is 20.6. The van der Waals surface area contributed by atoms with Gasteiger partial charge in [-0.2, -0.15) is 4.73 Å². The Morgan fingerprint density at radius 2 is 1.96 bits per heavy atom. The molecule has 0 fully saturated rings. The minimum absolute atomic E-state index is 0.111. The molecule has 0 bridgehead atoms. The third kappa shape index (κ3) is 3.50. The number of nitrogens with one attached hydrogen (secondary N) is 1. The Balaban J connectivity index is 1.52.